The molecule has 0 bridgehead atoms. The molecule has 0 spiro atoms. The molecule has 2 aromatic rings. The van der Waals surface area contributed by atoms with Gasteiger partial charge in [-0.2, -0.15) is 0 Å². The first-order valence-electron chi connectivity index (χ1n) is 8.25. The summed E-state index contributed by atoms with van der Waals surface area (Å²) in [5.41, 5.74) is 0.347. The quantitative estimate of drug-likeness (QED) is 0.873. The van der Waals surface area contributed by atoms with Gasteiger partial charge in [0.05, 0.1) is 0 Å². The van der Waals surface area contributed by atoms with Gasteiger partial charge in [-0.3, -0.25) is 23.7 Å². The number of benzene rings is 1. The average Bonchev–Trinajstić information content (AvgIpc) is 2.59. The molecule has 0 saturated carbocycles. The number of ketones is 1. The van der Waals surface area contributed by atoms with E-state index in [9.17, 15) is 19.2 Å². The highest BCUT2D eigenvalue weighted by Gasteiger charge is 2.28. The molecule has 0 saturated heterocycles. The number of amides is 1. The summed E-state index contributed by atoms with van der Waals surface area (Å²) < 4.78 is 1.08. The molecule has 0 fully saturated rings. The minimum absolute atomic E-state index is 0.0270. The third-order valence-electron chi connectivity index (χ3n) is 4.35. The van der Waals surface area contributed by atoms with Crippen LogP contribution in [0, 0.1) is 5.92 Å². The van der Waals surface area contributed by atoms with Gasteiger partial charge in [-0.1, -0.05) is 25.1 Å². The summed E-state index contributed by atoms with van der Waals surface area (Å²) in [4.78, 5) is 48.6. The molecular formula is C19H18N2O5. The van der Waals surface area contributed by atoms with Gasteiger partial charge in [0.1, 0.15) is 12.2 Å². The largest absolute Gasteiger partial charge is 0.480 e. The summed E-state index contributed by atoms with van der Waals surface area (Å²) in [6.45, 7) is 1.32. The van der Waals surface area contributed by atoms with Gasteiger partial charge in [-0.05, 0) is 30.5 Å². The van der Waals surface area contributed by atoms with Crippen LogP contribution in [0.3, 0.4) is 0 Å². The maximum atomic E-state index is 12.7. The molecule has 2 N–H and O–H groups in total. The van der Waals surface area contributed by atoms with Crippen LogP contribution in [0.2, 0.25) is 0 Å². The molecule has 0 aliphatic heterocycles. The van der Waals surface area contributed by atoms with Crippen molar-refractivity contribution in [3.8, 4) is 0 Å². The first-order chi connectivity index (χ1) is 12.4. The van der Waals surface area contributed by atoms with E-state index < -0.39 is 24.0 Å². The number of aliphatic carboxylic acids is 1. The van der Waals surface area contributed by atoms with E-state index in [1.165, 1.54) is 6.07 Å². The fourth-order valence-corrected chi connectivity index (χ4v) is 3.17. The summed E-state index contributed by atoms with van der Waals surface area (Å²) in [5, 5.41) is 11.6. The van der Waals surface area contributed by atoms with Crippen molar-refractivity contribution in [2.24, 2.45) is 5.92 Å². The fraction of sp³-hybridized carbons (Fsp3) is 0.263. The minimum Gasteiger partial charge on any atom is -0.480 e. The van der Waals surface area contributed by atoms with Crippen LogP contribution in [0.1, 0.15) is 39.8 Å². The van der Waals surface area contributed by atoms with Crippen LogP contribution in [0.4, 0.5) is 5.69 Å². The number of Topliss-reactive ketones (excluding diaryl/α,β-unsaturated/α-hetero) is 1. The average molecular weight is 354 g/mol. The molecule has 1 atom stereocenters. The van der Waals surface area contributed by atoms with E-state index >= 15 is 0 Å². The summed E-state index contributed by atoms with van der Waals surface area (Å²) in [6.07, 6.45) is 0.765. The number of rotatable bonds is 4. The van der Waals surface area contributed by atoms with Crippen molar-refractivity contribution in [3.05, 3.63) is 63.6 Å². The van der Waals surface area contributed by atoms with Gasteiger partial charge in [0.25, 0.3) is 11.5 Å². The zero-order valence-electron chi connectivity index (χ0n) is 14.2. The van der Waals surface area contributed by atoms with Crippen molar-refractivity contribution in [1.82, 2.24) is 4.57 Å². The van der Waals surface area contributed by atoms with Crippen molar-refractivity contribution in [3.63, 3.8) is 0 Å². The third-order valence-corrected chi connectivity index (χ3v) is 4.35. The lowest BCUT2D eigenvalue weighted by molar-refractivity contribution is -0.137. The number of hydrogen-bond donors (Lipinski definition) is 2. The van der Waals surface area contributed by atoms with Crippen LogP contribution in [0.25, 0.3) is 0 Å². The number of hydrogen-bond acceptors (Lipinski definition) is 4. The van der Waals surface area contributed by atoms with Gasteiger partial charge < -0.3 is 10.4 Å². The van der Waals surface area contributed by atoms with Crippen molar-refractivity contribution in [2.45, 2.75) is 26.3 Å². The number of fused-ring (bicyclic) bond motifs is 1. The molecule has 1 aromatic carbocycles. The predicted molar refractivity (Wildman–Crippen MR) is 94.5 cm³/mol. The molecule has 1 amide bonds. The van der Waals surface area contributed by atoms with Crippen LogP contribution < -0.4 is 10.9 Å². The maximum absolute atomic E-state index is 12.7. The van der Waals surface area contributed by atoms with E-state index in [-0.39, 0.29) is 17.4 Å². The SMILES string of the molecule is C[C@@H]1CC(=O)c2cc(NC(=O)c3ccccc3)c(=O)n(CC(=O)O)c2C1. The lowest BCUT2D eigenvalue weighted by Crippen LogP contribution is -2.35. The van der Waals surface area contributed by atoms with E-state index in [4.69, 9.17) is 5.11 Å². The highest BCUT2D eigenvalue weighted by molar-refractivity contribution is 6.05. The fourth-order valence-electron chi connectivity index (χ4n) is 3.17. The van der Waals surface area contributed by atoms with Gasteiger partial charge in [-0.25, -0.2) is 0 Å². The molecule has 134 valence electrons. The zero-order chi connectivity index (χ0) is 18.8. The Morgan fingerprint density at radius 1 is 1.19 bits per heavy atom. The van der Waals surface area contributed by atoms with Crippen LogP contribution in [-0.4, -0.2) is 27.3 Å². The number of carboxylic acid groups (broad SMARTS) is 1. The zero-order valence-corrected chi connectivity index (χ0v) is 14.2. The Balaban J connectivity index is 2.07. The Hall–Kier alpha value is -3.22. The molecule has 3 rings (SSSR count). The number of aromatic nitrogens is 1. The van der Waals surface area contributed by atoms with E-state index in [2.05, 4.69) is 5.32 Å². The lowest BCUT2D eigenvalue weighted by Gasteiger charge is -2.24. The van der Waals surface area contributed by atoms with Crippen LogP contribution >= 0.6 is 0 Å². The number of nitrogens with one attached hydrogen (secondary N) is 1. The van der Waals surface area contributed by atoms with Gasteiger partial charge in [-0.15, -0.1) is 0 Å². The summed E-state index contributed by atoms with van der Waals surface area (Å²) in [5.74, 6) is -1.82. The van der Waals surface area contributed by atoms with E-state index in [0.717, 1.165) is 4.57 Å². The monoisotopic (exact) mass is 354 g/mol. The molecule has 7 heteroatoms. The molecule has 0 unspecified atom stereocenters. The predicted octanol–water partition coefficient (Wildman–Crippen LogP) is 1.95. The second kappa shape index (κ2) is 6.95. The van der Waals surface area contributed by atoms with Crippen molar-refractivity contribution >= 4 is 23.3 Å². The molecule has 1 aliphatic carbocycles. The topological polar surface area (TPSA) is 105 Å². The molecule has 1 aromatic heterocycles. The Morgan fingerprint density at radius 2 is 1.88 bits per heavy atom. The van der Waals surface area contributed by atoms with Gasteiger partial charge in [0.15, 0.2) is 5.78 Å². The first-order valence-corrected chi connectivity index (χ1v) is 8.25. The smallest absolute Gasteiger partial charge is 0.323 e. The van der Waals surface area contributed by atoms with Gasteiger partial charge >= 0.3 is 5.97 Å². The number of carbonyl (C=O) groups is 3. The highest BCUT2D eigenvalue weighted by Crippen LogP contribution is 2.26. The Morgan fingerprint density at radius 3 is 2.54 bits per heavy atom. The summed E-state index contributed by atoms with van der Waals surface area (Å²) in [6, 6.07) is 9.69. The number of carbonyl (C=O) groups excluding carboxylic acids is 2. The highest BCUT2D eigenvalue weighted by atomic mass is 16.4. The second-order valence-electron chi connectivity index (χ2n) is 6.46. The summed E-state index contributed by atoms with van der Waals surface area (Å²) >= 11 is 0. The number of nitrogens with zero attached hydrogens (tertiary/aromatic N) is 1. The molecule has 0 radical (unpaired) electrons. The van der Waals surface area contributed by atoms with Gasteiger partial charge in [0.2, 0.25) is 0 Å². The molecule has 1 aliphatic rings. The molecular weight excluding hydrogens is 336 g/mol. The van der Waals surface area contributed by atoms with E-state index in [0.29, 0.717) is 29.7 Å². The van der Waals surface area contributed by atoms with Crippen molar-refractivity contribution < 1.29 is 19.5 Å². The van der Waals surface area contributed by atoms with Crippen LogP contribution in [0.5, 0.6) is 0 Å². The summed E-state index contributed by atoms with van der Waals surface area (Å²) in [7, 11) is 0. The Bertz CT molecular complexity index is 946. The van der Waals surface area contributed by atoms with Crippen molar-refractivity contribution in [1.29, 1.82) is 0 Å². The third kappa shape index (κ3) is 3.42. The maximum Gasteiger partial charge on any atom is 0.323 e. The minimum atomic E-state index is -1.19. The first kappa shape index (κ1) is 17.6. The van der Waals surface area contributed by atoms with E-state index in [1.807, 2.05) is 6.92 Å². The normalized spacial score (nSPS) is 16.0. The van der Waals surface area contributed by atoms with Crippen LogP contribution in [-0.2, 0) is 17.8 Å². The molecule has 1 heterocycles. The molecule has 7 nitrogen and oxygen atoms in total. The Labute approximate surface area is 149 Å². The standard InChI is InChI=1S/C19H18N2O5/c1-11-7-15-13(16(22)8-11)9-14(19(26)21(15)10-17(23)24)20-18(25)12-5-3-2-4-6-12/h2-6,9,11H,7-8,10H2,1H3,(H,20,25)(H,23,24)/t11-/m0/s1. The lowest BCUT2D eigenvalue weighted by atomic mass is 9.86. The van der Waals surface area contributed by atoms with Crippen LogP contribution in [0.15, 0.2) is 41.2 Å². The number of carboxylic acids is 1. The number of anilines is 1. The number of pyridine rings is 1. The Kier molecular flexibility index (Phi) is 4.71. The van der Waals surface area contributed by atoms with E-state index in [1.54, 1.807) is 30.3 Å². The van der Waals surface area contributed by atoms with Gasteiger partial charge in [0, 0.05) is 23.2 Å². The molecule has 26 heavy (non-hydrogen) atoms. The second-order valence-corrected chi connectivity index (χ2v) is 6.46. The van der Waals surface area contributed by atoms with Crippen molar-refractivity contribution in [2.75, 3.05) is 5.32 Å².